The molecule has 3 rings (SSSR count). The Kier molecular flexibility index (Phi) is 6.43. The Bertz CT molecular complexity index is 1170. The maximum atomic E-state index is 13.8. The van der Waals surface area contributed by atoms with Crippen molar-refractivity contribution in [1.29, 1.82) is 0 Å². The van der Waals surface area contributed by atoms with Gasteiger partial charge in [0.1, 0.15) is 22.3 Å². The number of carbonyl (C=O) groups excluding carboxylic acids is 1. The number of rotatable bonds is 7. The molecule has 3 aromatic rings. The average Bonchev–Trinajstić information content (AvgIpc) is 2.75. The van der Waals surface area contributed by atoms with E-state index in [-0.39, 0.29) is 28.4 Å². The van der Waals surface area contributed by atoms with Crippen LogP contribution in [0.2, 0.25) is 0 Å². The summed E-state index contributed by atoms with van der Waals surface area (Å²) in [5.41, 5.74) is 0.317. The van der Waals surface area contributed by atoms with Gasteiger partial charge in [-0.3, -0.25) is 4.79 Å². The third-order valence-electron chi connectivity index (χ3n) is 4.20. The summed E-state index contributed by atoms with van der Waals surface area (Å²) in [6, 6.07) is 15.3. The van der Waals surface area contributed by atoms with E-state index in [0.29, 0.717) is 0 Å². The van der Waals surface area contributed by atoms with Gasteiger partial charge in [0.2, 0.25) is 10.0 Å². The van der Waals surface area contributed by atoms with Crippen molar-refractivity contribution in [2.45, 2.75) is 11.4 Å². The number of methoxy groups -OCH3 is 1. The average molecular weight is 432 g/mol. The maximum Gasteiger partial charge on any atom is 0.255 e. The predicted octanol–water partition coefficient (Wildman–Crippen LogP) is 3.70. The molecule has 0 fully saturated rings. The van der Waals surface area contributed by atoms with Gasteiger partial charge in [0.05, 0.1) is 12.8 Å². The van der Waals surface area contributed by atoms with Crippen molar-refractivity contribution in [2.75, 3.05) is 12.4 Å². The first-order valence-corrected chi connectivity index (χ1v) is 10.3. The first-order chi connectivity index (χ1) is 14.3. The highest BCUT2D eigenvalue weighted by Crippen LogP contribution is 2.26. The van der Waals surface area contributed by atoms with Crippen LogP contribution < -0.4 is 14.8 Å². The molecule has 0 saturated heterocycles. The molecule has 30 heavy (non-hydrogen) atoms. The van der Waals surface area contributed by atoms with Crippen LogP contribution in [0.25, 0.3) is 0 Å². The van der Waals surface area contributed by atoms with Gasteiger partial charge in [0.15, 0.2) is 0 Å². The molecule has 0 aliphatic heterocycles. The summed E-state index contributed by atoms with van der Waals surface area (Å²) in [6.45, 7) is 0.0389. The quantitative estimate of drug-likeness (QED) is 0.596. The van der Waals surface area contributed by atoms with Crippen LogP contribution in [0, 0.1) is 11.6 Å². The van der Waals surface area contributed by atoms with Crippen molar-refractivity contribution in [1.82, 2.24) is 4.72 Å². The zero-order valence-corrected chi connectivity index (χ0v) is 16.7. The number of carbonyl (C=O) groups is 1. The van der Waals surface area contributed by atoms with Gasteiger partial charge in [-0.05, 0) is 35.9 Å². The second kappa shape index (κ2) is 9.02. The summed E-state index contributed by atoms with van der Waals surface area (Å²) in [5, 5.41) is 2.23. The lowest BCUT2D eigenvalue weighted by molar-refractivity contribution is 0.102. The van der Waals surface area contributed by atoms with E-state index < -0.39 is 27.6 Å². The Balaban J connectivity index is 1.87. The minimum Gasteiger partial charge on any atom is -0.495 e. The van der Waals surface area contributed by atoms with Crippen LogP contribution in [0.1, 0.15) is 15.9 Å². The third kappa shape index (κ3) is 5.00. The Morgan fingerprint density at radius 1 is 1.00 bits per heavy atom. The third-order valence-corrected chi connectivity index (χ3v) is 5.62. The van der Waals surface area contributed by atoms with Crippen LogP contribution >= 0.6 is 0 Å². The molecule has 0 atom stereocenters. The van der Waals surface area contributed by atoms with Crippen LogP contribution in [0.5, 0.6) is 5.75 Å². The topological polar surface area (TPSA) is 84.5 Å². The molecule has 0 bridgehead atoms. The molecule has 156 valence electrons. The first-order valence-electron chi connectivity index (χ1n) is 8.78. The van der Waals surface area contributed by atoms with Crippen LogP contribution in [0.15, 0.2) is 71.6 Å². The zero-order chi connectivity index (χ0) is 21.7. The van der Waals surface area contributed by atoms with E-state index in [4.69, 9.17) is 4.74 Å². The van der Waals surface area contributed by atoms with Gasteiger partial charge in [-0.15, -0.1) is 0 Å². The number of ether oxygens (including phenoxy) is 1. The SMILES string of the molecule is COc1ccc(C(=O)Nc2cc(F)ccc2F)cc1S(=O)(=O)NCc1ccccc1. The molecular weight excluding hydrogens is 414 g/mol. The van der Waals surface area contributed by atoms with Gasteiger partial charge in [-0.2, -0.15) is 0 Å². The summed E-state index contributed by atoms with van der Waals surface area (Å²) in [7, 11) is -2.74. The number of anilines is 1. The number of hydrogen-bond acceptors (Lipinski definition) is 4. The molecule has 9 heteroatoms. The van der Waals surface area contributed by atoms with E-state index in [9.17, 15) is 22.0 Å². The molecular formula is C21H18F2N2O4S. The lowest BCUT2D eigenvalue weighted by Gasteiger charge is -2.13. The Morgan fingerprint density at radius 2 is 1.73 bits per heavy atom. The summed E-state index contributed by atoms with van der Waals surface area (Å²) in [4.78, 5) is 12.2. The molecule has 1 amide bonds. The fourth-order valence-corrected chi connectivity index (χ4v) is 3.88. The highest BCUT2D eigenvalue weighted by molar-refractivity contribution is 7.89. The smallest absolute Gasteiger partial charge is 0.255 e. The number of halogens is 2. The van der Waals surface area contributed by atoms with Crippen LogP contribution in [0.3, 0.4) is 0 Å². The first kappa shape index (κ1) is 21.4. The molecule has 0 spiro atoms. The molecule has 0 heterocycles. The molecule has 0 aliphatic rings. The minimum absolute atomic E-state index is 0.0315. The van der Waals surface area contributed by atoms with Crippen molar-refractivity contribution in [3.8, 4) is 5.75 Å². The highest BCUT2D eigenvalue weighted by atomic mass is 32.2. The second-order valence-corrected chi connectivity index (χ2v) is 7.99. The van der Waals surface area contributed by atoms with E-state index in [2.05, 4.69) is 10.0 Å². The summed E-state index contributed by atoms with van der Waals surface area (Å²) in [5.74, 6) is -2.32. The Labute approximate surface area is 172 Å². The lowest BCUT2D eigenvalue weighted by atomic mass is 10.2. The summed E-state index contributed by atoms with van der Waals surface area (Å²) in [6.07, 6.45) is 0. The van der Waals surface area contributed by atoms with Crippen molar-refractivity contribution >= 4 is 21.6 Å². The normalized spacial score (nSPS) is 11.2. The minimum atomic E-state index is -4.03. The molecule has 2 N–H and O–H groups in total. The summed E-state index contributed by atoms with van der Waals surface area (Å²) < 4.78 is 60.2. The Hall–Kier alpha value is -3.30. The summed E-state index contributed by atoms with van der Waals surface area (Å²) >= 11 is 0. The number of sulfonamides is 1. The van der Waals surface area contributed by atoms with E-state index in [1.165, 1.54) is 19.2 Å². The van der Waals surface area contributed by atoms with Crippen LogP contribution in [-0.4, -0.2) is 21.4 Å². The standard InChI is InChI=1S/C21H18F2N2O4S/c1-29-19-10-7-15(21(26)25-18-12-16(22)8-9-17(18)23)11-20(19)30(27,28)24-13-14-5-3-2-4-6-14/h2-12,24H,13H2,1H3,(H,25,26). The van der Waals surface area contributed by atoms with Crippen molar-refractivity contribution in [3.63, 3.8) is 0 Å². The van der Waals surface area contributed by atoms with Gasteiger partial charge in [0, 0.05) is 18.2 Å². The van der Waals surface area contributed by atoms with Crippen molar-refractivity contribution in [2.24, 2.45) is 0 Å². The monoisotopic (exact) mass is 432 g/mol. The molecule has 0 saturated carbocycles. The number of benzene rings is 3. The second-order valence-electron chi connectivity index (χ2n) is 6.25. The van der Waals surface area contributed by atoms with E-state index in [1.54, 1.807) is 24.3 Å². The van der Waals surface area contributed by atoms with Gasteiger partial charge in [0.25, 0.3) is 5.91 Å². The lowest BCUT2D eigenvalue weighted by Crippen LogP contribution is -2.24. The predicted molar refractivity (Wildman–Crippen MR) is 108 cm³/mol. The Morgan fingerprint density at radius 3 is 2.43 bits per heavy atom. The maximum absolute atomic E-state index is 13.8. The molecule has 3 aromatic carbocycles. The van der Waals surface area contributed by atoms with Crippen molar-refractivity contribution in [3.05, 3.63) is 89.5 Å². The van der Waals surface area contributed by atoms with Gasteiger partial charge < -0.3 is 10.1 Å². The highest BCUT2D eigenvalue weighted by Gasteiger charge is 2.22. The molecule has 6 nitrogen and oxygen atoms in total. The van der Waals surface area contributed by atoms with Gasteiger partial charge in [-0.25, -0.2) is 21.9 Å². The van der Waals surface area contributed by atoms with Crippen LogP contribution in [0.4, 0.5) is 14.5 Å². The molecule has 0 radical (unpaired) electrons. The van der Waals surface area contributed by atoms with Crippen LogP contribution in [-0.2, 0) is 16.6 Å². The number of amides is 1. The molecule has 0 aromatic heterocycles. The van der Waals surface area contributed by atoms with Gasteiger partial charge >= 0.3 is 0 Å². The number of nitrogens with one attached hydrogen (secondary N) is 2. The molecule has 0 aliphatic carbocycles. The van der Waals surface area contributed by atoms with E-state index in [1.807, 2.05) is 6.07 Å². The number of hydrogen-bond donors (Lipinski definition) is 2. The van der Waals surface area contributed by atoms with E-state index in [0.717, 1.165) is 29.8 Å². The largest absolute Gasteiger partial charge is 0.495 e. The van der Waals surface area contributed by atoms with E-state index >= 15 is 0 Å². The fraction of sp³-hybridized carbons (Fsp3) is 0.0952. The zero-order valence-electron chi connectivity index (χ0n) is 15.9. The van der Waals surface area contributed by atoms with Crippen molar-refractivity contribution < 1.29 is 26.7 Å². The van der Waals surface area contributed by atoms with Gasteiger partial charge in [-0.1, -0.05) is 30.3 Å². The fourth-order valence-electron chi connectivity index (χ4n) is 2.67. The molecule has 0 unspecified atom stereocenters.